The first-order valence-corrected chi connectivity index (χ1v) is 9.03. The van der Waals surface area contributed by atoms with E-state index in [2.05, 4.69) is 0 Å². The van der Waals surface area contributed by atoms with Crippen LogP contribution in [0, 0.1) is 5.92 Å². The SMILES string of the molecule is O=C(O)C1CCCN(C(c2ccc(C(F)(F)F)cc2)c2ccccc2Cl)C1. The fourth-order valence-electron chi connectivity index (χ4n) is 3.58. The van der Waals surface area contributed by atoms with Gasteiger partial charge in [0.05, 0.1) is 17.5 Å². The number of hydrogen-bond donors (Lipinski definition) is 1. The highest BCUT2D eigenvalue weighted by molar-refractivity contribution is 6.31. The number of likely N-dealkylation sites (tertiary alicyclic amines) is 1. The number of benzene rings is 2. The fourth-order valence-corrected chi connectivity index (χ4v) is 3.82. The Kier molecular flexibility index (Phi) is 5.77. The molecule has 2 atom stereocenters. The van der Waals surface area contributed by atoms with Crippen molar-refractivity contribution >= 4 is 17.6 Å². The Balaban J connectivity index is 2.00. The first-order chi connectivity index (χ1) is 12.8. The number of hydrogen-bond acceptors (Lipinski definition) is 2. The molecule has 0 saturated carbocycles. The molecular weight excluding hydrogens is 379 g/mol. The van der Waals surface area contributed by atoms with Crippen molar-refractivity contribution in [2.24, 2.45) is 5.92 Å². The molecule has 3 rings (SSSR count). The second-order valence-electron chi connectivity index (χ2n) is 6.72. The number of halogens is 4. The lowest BCUT2D eigenvalue weighted by molar-refractivity contribution is -0.144. The molecule has 144 valence electrons. The third-order valence-corrected chi connectivity index (χ3v) is 5.26. The van der Waals surface area contributed by atoms with Gasteiger partial charge in [0.25, 0.3) is 0 Å². The summed E-state index contributed by atoms with van der Waals surface area (Å²) in [4.78, 5) is 13.4. The van der Waals surface area contributed by atoms with Crippen molar-refractivity contribution < 1.29 is 23.1 Å². The van der Waals surface area contributed by atoms with E-state index in [0.717, 1.165) is 17.7 Å². The standard InChI is InChI=1S/C20H19ClF3NO2/c21-17-6-2-1-5-16(17)18(25-11-3-4-14(12-25)19(26)27)13-7-9-15(10-8-13)20(22,23)24/h1-2,5-10,14,18H,3-4,11-12H2,(H,26,27). The predicted octanol–water partition coefficient (Wildman–Crippen LogP) is 5.24. The monoisotopic (exact) mass is 397 g/mol. The molecule has 1 aliphatic rings. The molecule has 3 nitrogen and oxygen atoms in total. The van der Waals surface area contributed by atoms with Crippen molar-refractivity contribution in [3.05, 3.63) is 70.2 Å². The van der Waals surface area contributed by atoms with Crippen LogP contribution in [0.4, 0.5) is 13.2 Å². The van der Waals surface area contributed by atoms with E-state index in [1.807, 2.05) is 17.0 Å². The molecule has 1 fully saturated rings. The number of carboxylic acid groups (broad SMARTS) is 1. The maximum Gasteiger partial charge on any atom is 0.416 e. The number of aliphatic carboxylic acids is 1. The minimum absolute atomic E-state index is 0.326. The van der Waals surface area contributed by atoms with Gasteiger partial charge >= 0.3 is 12.1 Å². The molecule has 1 saturated heterocycles. The fraction of sp³-hybridized carbons (Fsp3) is 0.350. The molecule has 1 N–H and O–H groups in total. The number of alkyl halides is 3. The Morgan fingerprint density at radius 2 is 1.81 bits per heavy atom. The Hall–Kier alpha value is -2.05. The van der Waals surface area contributed by atoms with Crippen LogP contribution in [0.3, 0.4) is 0 Å². The van der Waals surface area contributed by atoms with Gasteiger partial charge in [0.2, 0.25) is 0 Å². The number of piperidine rings is 1. The van der Waals surface area contributed by atoms with E-state index in [0.29, 0.717) is 36.5 Å². The highest BCUT2D eigenvalue weighted by Crippen LogP contribution is 2.37. The van der Waals surface area contributed by atoms with Crippen molar-refractivity contribution in [3.8, 4) is 0 Å². The summed E-state index contributed by atoms with van der Waals surface area (Å²) in [5.74, 6) is -1.36. The summed E-state index contributed by atoms with van der Waals surface area (Å²) >= 11 is 6.37. The molecule has 0 spiro atoms. The van der Waals surface area contributed by atoms with Crippen molar-refractivity contribution in [2.75, 3.05) is 13.1 Å². The van der Waals surface area contributed by atoms with E-state index in [1.165, 1.54) is 12.1 Å². The van der Waals surface area contributed by atoms with Gasteiger partial charge < -0.3 is 5.11 Å². The average Bonchev–Trinajstić information content (AvgIpc) is 2.63. The van der Waals surface area contributed by atoms with Crippen LogP contribution in [0.1, 0.15) is 35.6 Å². The predicted molar refractivity (Wildman–Crippen MR) is 96.7 cm³/mol. The molecule has 27 heavy (non-hydrogen) atoms. The van der Waals surface area contributed by atoms with Crippen molar-refractivity contribution in [1.82, 2.24) is 4.90 Å². The molecule has 0 aromatic heterocycles. The van der Waals surface area contributed by atoms with Gasteiger partial charge in [-0.2, -0.15) is 13.2 Å². The van der Waals surface area contributed by atoms with Crippen molar-refractivity contribution in [3.63, 3.8) is 0 Å². The zero-order valence-corrected chi connectivity index (χ0v) is 15.2. The van der Waals surface area contributed by atoms with E-state index in [4.69, 9.17) is 11.6 Å². The van der Waals surface area contributed by atoms with Crippen molar-refractivity contribution in [2.45, 2.75) is 25.1 Å². The Morgan fingerprint density at radius 1 is 1.15 bits per heavy atom. The molecular formula is C20H19ClF3NO2. The molecule has 1 heterocycles. The summed E-state index contributed by atoms with van der Waals surface area (Å²) in [5, 5.41) is 9.88. The van der Waals surface area contributed by atoms with Crippen LogP contribution in [-0.4, -0.2) is 29.1 Å². The largest absolute Gasteiger partial charge is 0.481 e. The minimum Gasteiger partial charge on any atom is -0.481 e. The smallest absolute Gasteiger partial charge is 0.416 e. The zero-order chi connectivity index (χ0) is 19.6. The lowest BCUT2D eigenvalue weighted by atomic mass is 9.91. The Labute approximate surface area is 160 Å². The van der Waals surface area contributed by atoms with Crippen molar-refractivity contribution in [1.29, 1.82) is 0 Å². The molecule has 0 bridgehead atoms. The first-order valence-electron chi connectivity index (χ1n) is 8.66. The Bertz CT molecular complexity index is 808. The number of nitrogens with zero attached hydrogens (tertiary/aromatic N) is 1. The lowest BCUT2D eigenvalue weighted by Crippen LogP contribution is -2.41. The van der Waals surface area contributed by atoms with E-state index in [-0.39, 0.29) is 0 Å². The zero-order valence-electron chi connectivity index (χ0n) is 14.4. The van der Waals surface area contributed by atoms with E-state index in [9.17, 15) is 23.1 Å². The Morgan fingerprint density at radius 3 is 2.41 bits per heavy atom. The molecule has 2 aromatic rings. The van der Waals surface area contributed by atoms with Gasteiger partial charge in [-0.1, -0.05) is 41.9 Å². The first kappa shape index (κ1) is 19.7. The molecule has 2 aromatic carbocycles. The normalized spacial score (nSPS) is 19.6. The van der Waals surface area contributed by atoms with Gasteiger partial charge in [0, 0.05) is 11.6 Å². The molecule has 7 heteroatoms. The van der Waals surface area contributed by atoms with E-state index in [1.54, 1.807) is 12.1 Å². The molecule has 0 aliphatic carbocycles. The van der Waals surface area contributed by atoms with E-state index >= 15 is 0 Å². The summed E-state index contributed by atoms with van der Waals surface area (Å²) < 4.78 is 38.7. The molecule has 1 aliphatic heterocycles. The molecule has 0 amide bonds. The van der Waals surface area contributed by atoms with Crippen LogP contribution < -0.4 is 0 Å². The van der Waals surface area contributed by atoms with Crippen LogP contribution in [0.2, 0.25) is 5.02 Å². The van der Waals surface area contributed by atoms with Gasteiger partial charge in [-0.3, -0.25) is 9.69 Å². The summed E-state index contributed by atoms with van der Waals surface area (Å²) in [6.07, 6.45) is -3.11. The maximum absolute atomic E-state index is 12.9. The summed E-state index contributed by atoms with van der Waals surface area (Å²) in [7, 11) is 0. The third-order valence-electron chi connectivity index (χ3n) is 4.92. The highest BCUT2D eigenvalue weighted by atomic mass is 35.5. The van der Waals surface area contributed by atoms with Gasteiger partial charge in [-0.25, -0.2) is 0 Å². The number of carbonyl (C=O) groups is 1. The third kappa shape index (κ3) is 4.45. The van der Waals surface area contributed by atoms with Gasteiger partial charge in [-0.15, -0.1) is 0 Å². The summed E-state index contributed by atoms with van der Waals surface area (Å²) in [6.45, 7) is 0.979. The van der Waals surface area contributed by atoms with Gasteiger partial charge in [0.1, 0.15) is 0 Å². The maximum atomic E-state index is 12.9. The minimum atomic E-state index is -4.40. The quantitative estimate of drug-likeness (QED) is 0.766. The van der Waals surface area contributed by atoms with Crippen LogP contribution in [0.15, 0.2) is 48.5 Å². The van der Waals surface area contributed by atoms with Crippen LogP contribution in [-0.2, 0) is 11.0 Å². The second kappa shape index (κ2) is 7.90. The van der Waals surface area contributed by atoms with Crippen LogP contribution >= 0.6 is 11.6 Å². The summed E-state index contributed by atoms with van der Waals surface area (Å²) in [5.41, 5.74) is 0.693. The van der Waals surface area contributed by atoms with Gasteiger partial charge in [0.15, 0.2) is 0 Å². The molecule has 0 radical (unpaired) electrons. The number of carboxylic acids is 1. The molecule has 2 unspecified atom stereocenters. The lowest BCUT2D eigenvalue weighted by Gasteiger charge is -2.38. The van der Waals surface area contributed by atoms with Crippen LogP contribution in [0.5, 0.6) is 0 Å². The van der Waals surface area contributed by atoms with Gasteiger partial charge in [-0.05, 0) is 48.7 Å². The highest BCUT2D eigenvalue weighted by Gasteiger charge is 2.34. The summed E-state index contributed by atoms with van der Waals surface area (Å²) in [6, 6.07) is 11.8. The second-order valence-corrected chi connectivity index (χ2v) is 7.12. The number of rotatable bonds is 4. The van der Waals surface area contributed by atoms with Crippen LogP contribution in [0.25, 0.3) is 0 Å². The average molecular weight is 398 g/mol. The van der Waals surface area contributed by atoms with E-state index < -0.39 is 29.7 Å². The topological polar surface area (TPSA) is 40.5 Å².